The van der Waals surface area contributed by atoms with E-state index in [4.69, 9.17) is 0 Å². The van der Waals surface area contributed by atoms with E-state index in [0.29, 0.717) is 11.5 Å². The van der Waals surface area contributed by atoms with Gasteiger partial charge in [-0.3, -0.25) is 14.6 Å². The second kappa shape index (κ2) is 4.53. The van der Waals surface area contributed by atoms with E-state index in [1.807, 2.05) is 24.9 Å². The summed E-state index contributed by atoms with van der Waals surface area (Å²) in [5, 5.41) is 11.2. The van der Waals surface area contributed by atoms with E-state index in [2.05, 4.69) is 15.3 Å². The lowest BCUT2D eigenvalue weighted by Crippen LogP contribution is -2.28. The first kappa shape index (κ1) is 12.0. The highest BCUT2D eigenvalue weighted by Crippen LogP contribution is 2.26. The van der Waals surface area contributed by atoms with Crippen molar-refractivity contribution in [3.63, 3.8) is 0 Å². The van der Waals surface area contributed by atoms with E-state index < -0.39 is 0 Å². The first-order valence-corrected chi connectivity index (χ1v) is 6.44. The molecule has 100 valence electrons. The van der Waals surface area contributed by atoms with Gasteiger partial charge in [0.2, 0.25) is 0 Å². The summed E-state index contributed by atoms with van der Waals surface area (Å²) in [5.41, 5.74) is 2.60. The standard InChI is InChI=1S/C13H17N5O/c1-9-11(8-17(2)16-9)13(19)18-6-4-10(7-18)12-3-5-14-15-12/h3,5,8,10H,4,6-7H2,1-2H3,(H,14,15)/t10-/m1/s1. The van der Waals surface area contributed by atoms with Crippen molar-refractivity contribution in [2.75, 3.05) is 13.1 Å². The first-order valence-electron chi connectivity index (χ1n) is 6.44. The zero-order valence-electron chi connectivity index (χ0n) is 11.1. The Kier molecular flexibility index (Phi) is 2.85. The number of aromatic nitrogens is 4. The predicted octanol–water partition coefficient (Wildman–Crippen LogP) is 1.08. The molecule has 3 heterocycles. The van der Waals surface area contributed by atoms with Gasteiger partial charge in [0, 0.05) is 44.1 Å². The summed E-state index contributed by atoms with van der Waals surface area (Å²) in [6, 6.07) is 1.98. The Morgan fingerprint density at radius 3 is 3.00 bits per heavy atom. The van der Waals surface area contributed by atoms with Crippen LogP contribution < -0.4 is 0 Å². The molecular weight excluding hydrogens is 242 g/mol. The number of nitrogens with one attached hydrogen (secondary N) is 1. The van der Waals surface area contributed by atoms with Gasteiger partial charge in [-0.25, -0.2) is 0 Å². The fourth-order valence-electron chi connectivity index (χ4n) is 2.67. The van der Waals surface area contributed by atoms with Crippen molar-refractivity contribution in [3.8, 4) is 0 Å². The summed E-state index contributed by atoms with van der Waals surface area (Å²) in [6.07, 6.45) is 4.53. The molecule has 6 nitrogen and oxygen atoms in total. The van der Waals surface area contributed by atoms with Gasteiger partial charge in [0.15, 0.2) is 0 Å². The Morgan fingerprint density at radius 1 is 1.53 bits per heavy atom. The number of amides is 1. The lowest BCUT2D eigenvalue weighted by molar-refractivity contribution is 0.0790. The van der Waals surface area contributed by atoms with Crippen LogP contribution in [0.25, 0.3) is 0 Å². The number of hydrogen-bond donors (Lipinski definition) is 1. The summed E-state index contributed by atoms with van der Waals surface area (Å²) in [4.78, 5) is 14.3. The van der Waals surface area contributed by atoms with Crippen LogP contribution in [0.5, 0.6) is 0 Å². The molecule has 0 spiro atoms. The summed E-state index contributed by atoms with van der Waals surface area (Å²) >= 11 is 0. The van der Waals surface area contributed by atoms with E-state index >= 15 is 0 Å². The third-order valence-corrected chi connectivity index (χ3v) is 3.68. The van der Waals surface area contributed by atoms with Gasteiger partial charge in [-0.05, 0) is 19.4 Å². The van der Waals surface area contributed by atoms with Crippen LogP contribution in [-0.2, 0) is 7.05 Å². The van der Waals surface area contributed by atoms with Gasteiger partial charge < -0.3 is 4.90 Å². The van der Waals surface area contributed by atoms with Crippen LogP contribution in [0.1, 0.15) is 34.1 Å². The maximum Gasteiger partial charge on any atom is 0.257 e. The summed E-state index contributed by atoms with van der Waals surface area (Å²) in [6.45, 7) is 3.40. The molecule has 1 N–H and O–H groups in total. The quantitative estimate of drug-likeness (QED) is 0.877. The molecule has 1 atom stereocenters. The minimum absolute atomic E-state index is 0.0765. The third-order valence-electron chi connectivity index (χ3n) is 3.68. The molecule has 2 aromatic heterocycles. The number of carbonyl (C=O) groups excluding carboxylic acids is 1. The van der Waals surface area contributed by atoms with E-state index in [1.165, 1.54) is 0 Å². The second-order valence-corrected chi connectivity index (χ2v) is 5.05. The summed E-state index contributed by atoms with van der Waals surface area (Å²) in [5.74, 6) is 0.441. The number of rotatable bonds is 2. The number of H-pyrrole nitrogens is 1. The van der Waals surface area contributed by atoms with Crippen molar-refractivity contribution < 1.29 is 4.79 Å². The number of hydrogen-bond acceptors (Lipinski definition) is 3. The molecule has 1 saturated heterocycles. The monoisotopic (exact) mass is 259 g/mol. The van der Waals surface area contributed by atoms with Crippen molar-refractivity contribution >= 4 is 5.91 Å². The molecule has 0 unspecified atom stereocenters. The fourth-order valence-corrected chi connectivity index (χ4v) is 2.67. The molecule has 3 rings (SSSR count). The number of carbonyl (C=O) groups is 1. The molecule has 1 fully saturated rings. The molecule has 0 saturated carbocycles. The molecule has 0 aromatic carbocycles. The van der Waals surface area contributed by atoms with Gasteiger partial charge in [-0.15, -0.1) is 0 Å². The van der Waals surface area contributed by atoms with Crippen LogP contribution in [0.3, 0.4) is 0 Å². The zero-order chi connectivity index (χ0) is 13.4. The van der Waals surface area contributed by atoms with Crippen LogP contribution in [0.2, 0.25) is 0 Å². The summed E-state index contributed by atoms with van der Waals surface area (Å²) in [7, 11) is 1.83. The topological polar surface area (TPSA) is 66.8 Å². The third kappa shape index (κ3) is 2.14. The highest BCUT2D eigenvalue weighted by molar-refractivity contribution is 5.95. The first-order chi connectivity index (χ1) is 9.15. The van der Waals surface area contributed by atoms with Crippen LogP contribution in [0.15, 0.2) is 18.5 Å². The predicted molar refractivity (Wildman–Crippen MR) is 69.8 cm³/mol. The molecule has 0 aliphatic carbocycles. The fraction of sp³-hybridized carbons (Fsp3) is 0.462. The van der Waals surface area contributed by atoms with E-state index in [0.717, 1.165) is 30.9 Å². The normalized spacial score (nSPS) is 19.1. The SMILES string of the molecule is Cc1nn(C)cc1C(=O)N1CC[C@@H](c2ccn[nH]2)C1. The van der Waals surface area contributed by atoms with Crippen LogP contribution >= 0.6 is 0 Å². The highest BCUT2D eigenvalue weighted by Gasteiger charge is 2.29. The van der Waals surface area contributed by atoms with Crippen molar-refractivity contribution in [1.82, 2.24) is 24.9 Å². The van der Waals surface area contributed by atoms with E-state index in [1.54, 1.807) is 17.1 Å². The van der Waals surface area contributed by atoms with E-state index in [-0.39, 0.29) is 5.91 Å². The second-order valence-electron chi connectivity index (χ2n) is 5.05. The molecule has 2 aromatic rings. The van der Waals surface area contributed by atoms with Crippen LogP contribution in [0, 0.1) is 6.92 Å². The molecule has 0 radical (unpaired) electrons. The summed E-state index contributed by atoms with van der Waals surface area (Å²) < 4.78 is 1.69. The lowest BCUT2D eigenvalue weighted by atomic mass is 10.1. The minimum atomic E-state index is 0.0765. The number of likely N-dealkylation sites (tertiary alicyclic amines) is 1. The van der Waals surface area contributed by atoms with Gasteiger partial charge in [-0.2, -0.15) is 10.2 Å². The van der Waals surface area contributed by atoms with Gasteiger partial charge in [0.05, 0.1) is 11.3 Å². The molecule has 1 amide bonds. The average molecular weight is 259 g/mol. The minimum Gasteiger partial charge on any atom is -0.338 e. The molecule has 6 heteroatoms. The zero-order valence-corrected chi connectivity index (χ0v) is 11.1. The van der Waals surface area contributed by atoms with Gasteiger partial charge >= 0.3 is 0 Å². The maximum absolute atomic E-state index is 12.4. The average Bonchev–Trinajstić information content (AvgIpc) is 3.06. The van der Waals surface area contributed by atoms with E-state index in [9.17, 15) is 4.79 Å². The molecule has 1 aliphatic heterocycles. The van der Waals surface area contributed by atoms with Crippen LogP contribution in [-0.4, -0.2) is 43.9 Å². The van der Waals surface area contributed by atoms with Gasteiger partial charge in [0.25, 0.3) is 5.91 Å². The Balaban J connectivity index is 1.74. The van der Waals surface area contributed by atoms with Gasteiger partial charge in [-0.1, -0.05) is 0 Å². The number of aromatic amines is 1. The van der Waals surface area contributed by atoms with Crippen LogP contribution in [0.4, 0.5) is 0 Å². The Morgan fingerprint density at radius 2 is 2.37 bits per heavy atom. The molecule has 0 bridgehead atoms. The lowest BCUT2D eigenvalue weighted by Gasteiger charge is -2.15. The smallest absolute Gasteiger partial charge is 0.257 e. The van der Waals surface area contributed by atoms with Gasteiger partial charge in [0.1, 0.15) is 0 Å². The highest BCUT2D eigenvalue weighted by atomic mass is 16.2. The maximum atomic E-state index is 12.4. The molecular formula is C13H17N5O. The number of nitrogens with zero attached hydrogens (tertiary/aromatic N) is 4. The van der Waals surface area contributed by atoms with Crippen molar-refractivity contribution in [3.05, 3.63) is 35.4 Å². The van der Waals surface area contributed by atoms with Crippen molar-refractivity contribution in [2.45, 2.75) is 19.3 Å². The largest absolute Gasteiger partial charge is 0.338 e. The Labute approximate surface area is 111 Å². The molecule has 19 heavy (non-hydrogen) atoms. The Bertz CT molecular complexity index is 586. The number of aryl methyl sites for hydroxylation is 2. The molecule has 1 aliphatic rings. The van der Waals surface area contributed by atoms with Crippen molar-refractivity contribution in [2.24, 2.45) is 7.05 Å². The Hall–Kier alpha value is -2.11. The van der Waals surface area contributed by atoms with Crippen molar-refractivity contribution in [1.29, 1.82) is 0 Å².